The minimum atomic E-state index is -1.22. The van der Waals surface area contributed by atoms with E-state index in [-0.39, 0.29) is 30.2 Å². The van der Waals surface area contributed by atoms with Crippen LogP contribution in [0.15, 0.2) is 18.2 Å². The topological polar surface area (TPSA) is 119 Å². The Kier molecular flexibility index (Phi) is 5.22. The number of carbonyl (C=O) groups is 1. The summed E-state index contributed by atoms with van der Waals surface area (Å²) in [5.41, 5.74) is -0.503. The molecule has 0 aliphatic carbocycles. The Balaban J connectivity index is 2.91. The molecule has 19 heavy (non-hydrogen) atoms. The van der Waals surface area contributed by atoms with Crippen LogP contribution in [0.4, 0.5) is 5.69 Å². The van der Waals surface area contributed by atoms with Crippen molar-refractivity contribution in [1.29, 1.82) is 0 Å². The number of nitrogens with zero attached hydrogens (tertiary/aromatic N) is 1. The van der Waals surface area contributed by atoms with Gasteiger partial charge in [0.2, 0.25) is 0 Å². The number of aromatic carboxylic acids is 1. The van der Waals surface area contributed by atoms with Crippen LogP contribution in [-0.4, -0.2) is 47.5 Å². The van der Waals surface area contributed by atoms with E-state index in [1.807, 2.05) is 0 Å². The summed E-state index contributed by atoms with van der Waals surface area (Å²) in [6.45, 7) is -0.232. The lowest BCUT2D eigenvalue weighted by molar-refractivity contribution is -0.385. The smallest absolute Gasteiger partial charge is 0.335 e. The maximum Gasteiger partial charge on any atom is 0.335 e. The standard InChI is InChI=1S/C11H13NO7/c1-18-5-8(13)6-19-10-4-7(11(14)15)2-3-9(10)12(16)17/h2-4,8,13H,5-6H2,1H3,(H,14,15). The number of methoxy groups -OCH3 is 1. The second-order valence-electron chi connectivity index (χ2n) is 3.66. The van der Waals surface area contributed by atoms with Crippen molar-refractivity contribution in [2.75, 3.05) is 20.3 Å². The van der Waals surface area contributed by atoms with Crippen molar-refractivity contribution in [3.8, 4) is 5.75 Å². The van der Waals surface area contributed by atoms with Crippen molar-refractivity contribution < 1.29 is 29.4 Å². The average molecular weight is 271 g/mol. The van der Waals surface area contributed by atoms with Crippen molar-refractivity contribution in [2.24, 2.45) is 0 Å². The Morgan fingerprint density at radius 1 is 1.47 bits per heavy atom. The Bertz CT molecular complexity index is 474. The van der Waals surface area contributed by atoms with Crippen LogP contribution >= 0.6 is 0 Å². The van der Waals surface area contributed by atoms with E-state index in [4.69, 9.17) is 9.84 Å². The Hall–Kier alpha value is -2.19. The van der Waals surface area contributed by atoms with Crippen LogP contribution in [0, 0.1) is 10.1 Å². The summed E-state index contributed by atoms with van der Waals surface area (Å²) in [7, 11) is 1.39. The molecule has 0 aliphatic heterocycles. The molecule has 0 radical (unpaired) electrons. The highest BCUT2D eigenvalue weighted by molar-refractivity contribution is 5.88. The van der Waals surface area contributed by atoms with Gasteiger partial charge in [0.1, 0.15) is 12.7 Å². The molecule has 0 heterocycles. The molecule has 104 valence electrons. The second kappa shape index (κ2) is 6.66. The lowest BCUT2D eigenvalue weighted by atomic mass is 10.2. The number of aliphatic hydroxyl groups is 1. The molecule has 8 nitrogen and oxygen atoms in total. The third-order valence-corrected chi connectivity index (χ3v) is 2.19. The van der Waals surface area contributed by atoms with E-state index in [1.54, 1.807) is 0 Å². The van der Waals surface area contributed by atoms with Crippen LogP contribution in [0.25, 0.3) is 0 Å². The van der Waals surface area contributed by atoms with Crippen LogP contribution in [0.3, 0.4) is 0 Å². The number of hydrogen-bond acceptors (Lipinski definition) is 6. The normalized spacial score (nSPS) is 11.9. The maximum absolute atomic E-state index is 10.8. The lowest BCUT2D eigenvalue weighted by Crippen LogP contribution is -2.23. The predicted octanol–water partition coefficient (Wildman–Crippen LogP) is 0.679. The minimum Gasteiger partial charge on any atom is -0.484 e. The quantitative estimate of drug-likeness (QED) is 0.552. The number of rotatable bonds is 7. The molecule has 1 unspecified atom stereocenters. The highest BCUT2D eigenvalue weighted by atomic mass is 16.6. The van der Waals surface area contributed by atoms with E-state index >= 15 is 0 Å². The number of benzene rings is 1. The summed E-state index contributed by atoms with van der Waals surface area (Å²) in [5, 5.41) is 29.0. The molecular weight excluding hydrogens is 258 g/mol. The van der Waals surface area contributed by atoms with Gasteiger partial charge in [0, 0.05) is 19.2 Å². The Labute approximate surface area is 108 Å². The van der Waals surface area contributed by atoms with E-state index < -0.39 is 17.0 Å². The fourth-order valence-electron chi connectivity index (χ4n) is 1.34. The molecule has 1 rings (SSSR count). The predicted molar refractivity (Wildman–Crippen MR) is 63.4 cm³/mol. The molecule has 1 aromatic rings. The van der Waals surface area contributed by atoms with Crippen LogP contribution in [0.2, 0.25) is 0 Å². The van der Waals surface area contributed by atoms with E-state index in [9.17, 15) is 20.0 Å². The summed E-state index contributed by atoms with van der Waals surface area (Å²) in [6, 6.07) is 3.19. The van der Waals surface area contributed by atoms with Gasteiger partial charge in [-0.3, -0.25) is 10.1 Å². The maximum atomic E-state index is 10.8. The summed E-state index contributed by atoms with van der Waals surface area (Å²) >= 11 is 0. The average Bonchev–Trinajstić information content (AvgIpc) is 2.36. The van der Waals surface area contributed by atoms with Gasteiger partial charge in [-0.15, -0.1) is 0 Å². The number of carboxylic acid groups (broad SMARTS) is 1. The molecule has 0 saturated heterocycles. The first-order valence-electron chi connectivity index (χ1n) is 5.27. The van der Waals surface area contributed by atoms with Crippen molar-refractivity contribution in [3.05, 3.63) is 33.9 Å². The first-order valence-corrected chi connectivity index (χ1v) is 5.27. The van der Waals surface area contributed by atoms with Crippen molar-refractivity contribution in [2.45, 2.75) is 6.10 Å². The van der Waals surface area contributed by atoms with Gasteiger partial charge in [-0.25, -0.2) is 4.79 Å². The number of nitro groups is 1. The van der Waals surface area contributed by atoms with Crippen LogP contribution in [0.5, 0.6) is 5.75 Å². The van der Waals surface area contributed by atoms with Crippen LogP contribution in [-0.2, 0) is 4.74 Å². The number of aliphatic hydroxyl groups excluding tert-OH is 1. The van der Waals surface area contributed by atoms with Crippen molar-refractivity contribution in [3.63, 3.8) is 0 Å². The summed E-state index contributed by atoms with van der Waals surface area (Å²) in [5.74, 6) is -1.43. The fourth-order valence-corrected chi connectivity index (χ4v) is 1.34. The zero-order chi connectivity index (χ0) is 14.4. The van der Waals surface area contributed by atoms with Crippen LogP contribution < -0.4 is 4.74 Å². The first kappa shape index (κ1) is 14.9. The first-order chi connectivity index (χ1) is 8.95. The Morgan fingerprint density at radius 3 is 2.68 bits per heavy atom. The molecule has 0 aromatic heterocycles. The SMILES string of the molecule is COCC(O)COc1cc(C(=O)O)ccc1[N+](=O)[O-]. The number of ether oxygens (including phenoxy) is 2. The van der Waals surface area contributed by atoms with Gasteiger partial charge in [0.15, 0.2) is 5.75 Å². The molecule has 1 aromatic carbocycles. The van der Waals surface area contributed by atoms with Gasteiger partial charge >= 0.3 is 11.7 Å². The lowest BCUT2D eigenvalue weighted by Gasteiger charge is -2.11. The van der Waals surface area contributed by atoms with E-state index in [1.165, 1.54) is 7.11 Å². The molecule has 8 heteroatoms. The summed E-state index contributed by atoms with van der Waals surface area (Å²) < 4.78 is 9.74. The zero-order valence-corrected chi connectivity index (χ0v) is 10.1. The molecule has 0 saturated carbocycles. The van der Waals surface area contributed by atoms with Gasteiger partial charge in [-0.2, -0.15) is 0 Å². The van der Waals surface area contributed by atoms with Crippen molar-refractivity contribution >= 4 is 11.7 Å². The van der Waals surface area contributed by atoms with Gasteiger partial charge in [-0.05, 0) is 6.07 Å². The molecule has 0 spiro atoms. The summed E-state index contributed by atoms with van der Waals surface area (Å²) in [4.78, 5) is 20.9. The molecule has 2 N–H and O–H groups in total. The van der Waals surface area contributed by atoms with Gasteiger partial charge < -0.3 is 19.7 Å². The van der Waals surface area contributed by atoms with Crippen LogP contribution in [0.1, 0.15) is 10.4 Å². The second-order valence-corrected chi connectivity index (χ2v) is 3.66. The van der Waals surface area contributed by atoms with E-state index in [0.717, 1.165) is 18.2 Å². The molecule has 0 amide bonds. The zero-order valence-electron chi connectivity index (χ0n) is 10.1. The van der Waals surface area contributed by atoms with E-state index in [0.29, 0.717) is 0 Å². The molecular formula is C11H13NO7. The van der Waals surface area contributed by atoms with Gasteiger partial charge in [-0.1, -0.05) is 0 Å². The monoisotopic (exact) mass is 271 g/mol. The molecule has 0 fully saturated rings. The highest BCUT2D eigenvalue weighted by Gasteiger charge is 2.18. The third kappa shape index (κ3) is 4.19. The number of nitro benzene ring substituents is 1. The number of carboxylic acids is 1. The Morgan fingerprint density at radius 2 is 2.16 bits per heavy atom. The molecule has 1 atom stereocenters. The largest absolute Gasteiger partial charge is 0.484 e. The van der Waals surface area contributed by atoms with E-state index in [2.05, 4.69) is 4.74 Å². The fraction of sp³-hybridized carbons (Fsp3) is 0.364. The minimum absolute atomic E-state index is 0.00637. The van der Waals surface area contributed by atoms with Gasteiger partial charge in [0.25, 0.3) is 0 Å². The molecule has 0 aliphatic rings. The number of hydrogen-bond donors (Lipinski definition) is 2. The van der Waals surface area contributed by atoms with Crippen molar-refractivity contribution in [1.82, 2.24) is 0 Å². The van der Waals surface area contributed by atoms with Gasteiger partial charge in [0.05, 0.1) is 17.1 Å². The highest BCUT2D eigenvalue weighted by Crippen LogP contribution is 2.28. The summed E-state index contributed by atoms with van der Waals surface area (Å²) in [6.07, 6.45) is -0.960. The molecule has 0 bridgehead atoms. The third-order valence-electron chi connectivity index (χ3n) is 2.19.